The van der Waals surface area contributed by atoms with E-state index in [2.05, 4.69) is 24.8 Å². The first kappa shape index (κ1) is 26.0. The second kappa shape index (κ2) is 10.9. The maximum Gasteiger partial charge on any atom is 0.328 e. The standard InChI is InChI=1S/C28H37N3O5/c1-20-21(2)25(36-5)10-9-23(20)19-29-13-11-28(12-14-29)26(32)30(27(33)31(28)15-16-34-3)18-22-7-6-8-24(17-22)35-4/h6-10,17H,11-16,18-19H2,1-5H3. The van der Waals surface area contributed by atoms with Crippen LogP contribution in [0.1, 0.15) is 35.1 Å². The number of nitrogens with zero attached hydrogens (tertiary/aromatic N) is 3. The van der Waals surface area contributed by atoms with Crippen molar-refractivity contribution in [1.29, 1.82) is 0 Å². The number of ether oxygens (including phenoxy) is 3. The molecule has 8 nitrogen and oxygen atoms in total. The number of imide groups is 1. The molecule has 0 radical (unpaired) electrons. The molecule has 3 amide bonds. The molecule has 2 aliphatic rings. The Morgan fingerprint density at radius 3 is 2.33 bits per heavy atom. The number of hydrogen-bond acceptors (Lipinski definition) is 6. The molecule has 8 heteroatoms. The van der Waals surface area contributed by atoms with Crippen LogP contribution in [0, 0.1) is 13.8 Å². The molecule has 0 atom stereocenters. The zero-order valence-corrected chi connectivity index (χ0v) is 22.0. The number of hydrogen-bond donors (Lipinski definition) is 0. The molecular weight excluding hydrogens is 458 g/mol. The van der Waals surface area contributed by atoms with Crippen LogP contribution in [0.4, 0.5) is 4.79 Å². The van der Waals surface area contributed by atoms with Crippen LogP contribution in [0.25, 0.3) is 0 Å². The van der Waals surface area contributed by atoms with Gasteiger partial charge in [-0.1, -0.05) is 18.2 Å². The summed E-state index contributed by atoms with van der Waals surface area (Å²) >= 11 is 0. The lowest BCUT2D eigenvalue weighted by atomic mass is 9.85. The van der Waals surface area contributed by atoms with Gasteiger partial charge in [0.2, 0.25) is 0 Å². The minimum absolute atomic E-state index is 0.109. The molecule has 2 fully saturated rings. The topological polar surface area (TPSA) is 71.6 Å². The zero-order valence-electron chi connectivity index (χ0n) is 22.0. The largest absolute Gasteiger partial charge is 0.497 e. The Morgan fingerprint density at radius 1 is 0.917 bits per heavy atom. The summed E-state index contributed by atoms with van der Waals surface area (Å²) in [5.41, 5.74) is 3.68. The van der Waals surface area contributed by atoms with E-state index in [1.807, 2.05) is 30.3 Å². The lowest BCUT2D eigenvalue weighted by Gasteiger charge is -2.42. The van der Waals surface area contributed by atoms with Crippen LogP contribution in [0.5, 0.6) is 11.5 Å². The van der Waals surface area contributed by atoms with Gasteiger partial charge >= 0.3 is 6.03 Å². The quantitative estimate of drug-likeness (QED) is 0.494. The number of carbonyl (C=O) groups is 2. The second-order valence-corrected chi connectivity index (χ2v) is 9.65. The third kappa shape index (κ3) is 4.80. The number of likely N-dealkylation sites (tertiary alicyclic amines) is 1. The molecular formula is C28H37N3O5. The van der Waals surface area contributed by atoms with Crippen molar-refractivity contribution in [2.75, 3.05) is 47.6 Å². The molecule has 0 aliphatic carbocycles. The van der Waals surface area contributed by atoms with Crippen molar-refractivity contribution in [1.82, 2.24) is 14.7 Å². The molecule has 2 aromatic carbocycles. The van der Waals surface area contributed by atoms with Gasteiger partial charge in [-0.3, -0.25) is 14.6 Å². The van der Waals surface area contributed by atoms with Gasteiger partial charge in [-0.15, -0.1) is 0 Å². The second-order valence-electron chi connectivity index (χ2n) is 9.65. The van der Waals surface area contributed by atoms with Gasteiger partial charge in [-0.05, 0) is 67.1 Å². The van der Waals surface area contributed by atoms with E-state index in [-0.39, 0.29) is 18.5 Å². The number of rotatable bonds is 9. The molecule has 0 unspecified atom stereocenters. The number of piperidine rings is 1. The van der Waals surface area contributed by atoms with E-state index in [0.717, 1.165) is 36.5 Å². The van der Waals surface area contributed by atoms with Crippen LogP contribution in [-0.2, 0) is 22.6 Å². The van der Waals surface area contributed by atoms with Crippen LogP contribution >= 0.6 is 0 Å². The number of carbonyl (C=O) groups excluding carboxylic acids is 2. The lowest BCUT2D eigenvalue weighted by Crippen LogP contribution is -2.57. The van der Waals surface area contributed by atoms with Crippen molar-refractivity contribution in [2.24, 2.45) is 0 Å². The molecule has 4 rings (SSSR count). The number of urea groups is 1. The first-order valence-electron chi connectivity index (χ1n) is 12.5. The van der Waals surface area contributed by atoms with Gasteiger partial charge in [0.25, 0.3) is 5.91 Å². The molecule has 2 aliphatic heterocycles. The monoisotopic (exact) mass is 495 g/mol. The summed E-state index contributed by atoms with van der Waals surface area (Å²) in [5.74, 6) is 1.49. The highest BCUT2D eigenvalue weighted by molar-refractivity contribution is 6.07. The van der Waals surface area contributed by atoms with Gasteiger partial charge in [-0.25, -0.2) is 4.79 Å². The fourth-order valence-corrected chi connectivity index (χ4v) is 5.42. The molecule has 2 aromatic rings. The Labute approximate surface area is 213 Å². The summed E-state index contributed by atoms with van der Waals surface area (Å²) in [6.45, 7) is 7.50. The maximum absolute atomic E-state index is 13.8. The van der Waals surface area contributed by atoms with Gasteiger partial charge < -0.3 is 19.1 Å². The Balaban J connectivity index is 1.51. The smallest absolute Gasteiger partial charge is 0.328 e. The highest BCUT2D eigenvalue weighted by atomic mass is 16.5. The number of methoxy groups -OCH3 is 3. The lowest BCUT2D eigenvalue weighted by molar-refractivity contribution is -0.136. The minimum atomic E-state index is -0.824. The summed E-state index contributed by atoms with van der Waals surface area (Å²) < 4.78 is 16.1. The molecule has 194 valence electrons. The zero-order chi connectivity index (χ0) is 25.9. The summed E-state index contributed by atoms with van der Waals surface area (Å²) in [7, 11) is 4.92. The highest BCUT2D eigenvalue weighted by Crippen LogP contribution is 2.38. The molecule has 1 spiro atoms. The average molecular weight is 496 g/mol. The number of amides is 3. The Kier molecular flexibility index (Phi) is 7.85. The van der Waals surface area contributed by atoms with Crippen LogP contribution < -0.4 is 9.47 Å². The molecule has 0 bridgehead atoms. The van der Waals surface area contributed by atoms with Crippen LogP contribution in [0.15, 0.2) is 36.4 Å². The molecule has 2 saturated heterocycles. The molecule has 2 heterocycles. The first-order chi connectivity index (χ1) is 17.3. The third-order valence-corrected chi connectivity index (χ3v) is 7.76. The van der Waals surface area contributed by atoms with E-state index < -0.39 is 5.54 Å². The minimum Gasteiger partial charge on any atom is -0.497 e. The fourth-order valence-electron chi connectivity index (χ4n) is 5.42. The fraction of sp³-hybridized carbons (Fsp3) is 0.500. The molecule has 0 saturated carbocycles. The first-order valence-corrected chi connectivity index (χ1v) is 12.5. The van der Waals surface area contributed by atoms with Crippen molar-refractivity contribution in [2.45, 2.75) is 45.3 Å². The summed E-state index contributed by atoms with van der Waals surface area (Å²) in [6.07, 6.45) is 1.20. The molecule has 36 heavy (non-hydrogen) atoms. The van der Waals surface area contributed by atoms with E-state index in [4.69, 9.17) is 14.2 Å². The van der Waals surface area contributed by atoms with Crippen molar-refractivity contribution in [3.8, 4) is 11.5 Å². The predicted molar refractivity (Wildman–Crippen MR) is 137 cm³/mol. The van der Waals surface area contributed by atoms with E-state index in [9.17, 15) is 9.59 Å². The Hall–Kier alpha value is -3.10. The van der Waals surface area contributed by atoms with E-state index in [0.29, 0.717) is 31.7 Å². The van der Waals surface area contributed by atoms with Crippen molar-refractivity contribution in [3.63, 3.8) is 0 Å². The predicted octanol–water partition coefficient (Wildman–Crippen LogP) is 3.77. The van der Waals surface area contributed by atoms with Gasteiger partial charge in [-0.2, -0.15) is 0 Å². The SMILES string of the molecule is COCCN1C(=O)N(Cc2cccc(OC)c2)C(=O)C12CCN(Cc1ccc(OC)c(C)c1C)CC2. The van der Waals surface area contributed by atoms with Gasteiger partial charge in [0, 0.05) is 33.3 Å². The van der Waals surface area contributed by atoms with E-state index >= 15 is 0 Å². The van der Waals surface area contributed by atoms with Gasteiger partial charge in [0.1, 0.15) is 17.0 Å². The number of benzene rings is 2. The van der Waals surface area contributed by atoms with Crippen LogP contribution in [0.2, 0.25) is 0 Å². The Bertz CT molecular complexity index is 1110. The Morgan fingerprint density at radius 2 is 1.67 bits per heavy atom. The van der Waals surface area contributed by atoms with E-state index in [1.54, 1.807) is 26.2 Å². The van der Waals surface area contributed by atoms with Crippen LogP contribution in [-0.4, -0.2) is 79.7 Å². The van der Waals surface area contributed by atoms with Crippen molar-refractivity contribution >= 4 is 11.9 Å². The van der Waals surface area contributed by atoms with Crippen LogP contribution in [0.3, 0.4) is 0 Å². The molecule has 0 N–H and O–H groups in total. The van der Waals surface area contributed by atoms with Gasteiger partial charge in [0.05, 0.1) is 27.4 Å². The molecule has 0 aromatic heterocycles. The average Bonchev–Trinajstić information content (AvgIpc) is 3.08. The summed E-state index contributed by atoms with van der Waals surface area (Å²) in [4.78, 5) is 32.8. The summed E-state index contributed by atoms with van der Waals surface area (Å²) in [5, 5.41) is 0. The van der Waals surface area contributed by atoms with E-state index in [1.165, 1.54) is 16.0 Å². The van der Waals surface area contributed by atoms with Crippen molar-refractivity contribution in [3.05, 3.63) is 58.7 Å². The highest BCUT2D eigenvalue weighted by Gasteiger charge is 2.57. The van der Waals surface area contributed by atoms with Gasteiger partial charge in [0.15, 0.2) is 0 Å². The normalized spacial score (nSPS) is 17.8. The van der Waals surface area contributed by atoms with Crippen molar-refractivity contribution < 1.29 is 23.8 Å². The third-order valence-electron chi connectivity index (χ3n) is 7.76. The summed E-state index contributed by atoms with van der Waals surface area (Å²) in [6, 6.07) is 11.4. The maximum atomic E-state index is 13.8.